The lowest BCUT2D eigenvalue weighted by Gasteiger charge is -2.42. The number of rotatable bonds is 8. The van der Waals surface area contributed by atoms with Crippen LogP contribution in [0.25, 0.3) is 0 Å². The van der Waals surface area contributed by atoms with Crippen molar-refractivity contribution < 1.29 is 18.0 Å². The molecular weight excluding hydrogens is 468 g/mol. The second-order valence-electron chi connectivity index (χ2n) is 7.76. The van der Waals surface area contributed by atoms with E-state index in [1.165, 1.54) is 43.8 Å². The van der Waals surface area contributed by atoms with E-state index >= 15 is 0 Å². The van der Waals surface area contributed by atoms with E-state index in [-0.39, 0.29) is 28.5 Å². The van der Waals surface area contributed by atoms with E-state index in [1.54, 1.807) is 0 Å². The van der Waals surface area contributed by atoms with E-state index < -0.39 is 10.0 Å². The SMILES string of the molecule is CC(=O)c1ccc(S(=O)(=O)N(C)CC(=O)NCC2(c3cccc(Br)c3)CCC2)cc1. The number of hydrogen-bond donors (Lipinski definition) is 1. The number of nitrogens with zero attached hydrogens (tertiary/aromatic N) is 1. The summed E-state index contributed by atoms with van der Waals surface area (Å²) < 4.78 is 27.5. The van der Waals surface area contributed by atoms with Gasteiger partial charge in [-0.05, 0) is 49.6 Å². The number of ketones is 1. The van der Waals surface area contributed by atoms with Gasteiger partial charge in [0.15, 0.2) is 5.78 Å². The number of likely N-dealkylation sites (N-methyl/N-ethyl adjacent to an activating group) is 1. The van der Waals surface area contributed by atoms with Gasteiger partial charge in [0, 0.05) is 29.0 Å². The fraction of sp³-hybridized carbons (Fsp3) is 0.364. The lowest BCUT2D eigenvalue weighted by atomic mass is 9.64. The third-order valence-electron chi connectivity index (χ3n) is 5.71. The largest absolute Gasteiger partial charge is 0.354 e. The molecule has 1 N–H and O–H groups in total. The fourth-order valence-electron chi connectivity index (χ4n) is 3.64. The lowest BCUT2D eigenvalue weighted by Crippen LogP contribution is -2.48. The van der Waals surface area contributed by atoms with Crippen LogP contribution in [0.15, 0.2) is 57.9 Å². The third kappa shape index (κ3) is 4.82. The summed E-state index contributed by atoms with van der Waals surface area (Å²) in [6, 6.07) is 13.8. The summed E-state index contributed by atoms with van der Waals surface area (Å²) in [4.78, 5) is 23.9. The summed E-state index contributed by atoms with van der Waals surface area (Å²) >= 11 is 3.50. The smallest absolute Gasteiger partial charge is 0.243 e. The Balaban J connectivity index is 1.63. The lowest BCUT2D eigenvalue weighted by molar-refractivity contribution is -0.121. The molecule has 1 aliphatic rings. The maximum Gasteiger partial charge on any atom is 0.243 e. The highest BCUT2D eigenvalue weighted by atomic mass is 79.9. The first-order valence-corrected chi connectivity index (χ1v) is 12.0. The number of hydrogen-bond acceptors (Lipinski definition) is 4. The molecule has 30 heavy (non-hydrogen) atoms. The van der Waals surface area contributed by atoms with Gasteiger partial charge in [-0.2, -0.15) is 4.31 Å². The van der Waals surface area contributed by atoms with E-state index in [9.17, 15) is 18.0 Å². The number of benzene rings is 2. The van der Waals surface area contributed by atoms with Crippen molar-refractivity contribution in [3.63, 3.8) is 0 Å². The van der Waals surface area contributed by atoms with Crippen LogP contribution in [0.4, 0.5) is 0 Å². The molecule has 0 saturated heterocycles. The average molecular weight is 493 g/mol. The first kappa shape index (κ1) is 22.7. The summed E-state index contributed by atoms with van der Waals surface area (Å²) in [5.41, 5.74) is 1.52. The number of halogens is 1. The van der Waals surface area contributed by atoms with E-state index in [2.05, 4.69) is 33.4 Å². The molecule has 1 aliphatic carbocycles. The van der Waals surface area contributed by atoms with Crippen molar-refractivity contribution in [1.82, 2.24) is 9.62 Å². The summed E-state index contributed by atoms with van der Waals surface area (Å²) in [6.45, 7) is 1.62. The van der Waals surface area contributed by atoms with Gasteiger partial charge in [-0.25, -0.2) is 8.42 Å². The standard InChI is InChI=1S/C22H25BrN2O4S/c1-16(26)17-7-9-20(10-8-17)30(28,29)25(2)14-21(27)24-15-22(11-4-12-22)18-5-3-6-19(23)13-18/h3,5-10,13H,4,11-12,14-15H2,1-2H3,(H,24,27). The number of carbonyl (C=O) groups excluding carboxylic acids is 2. The van der Waals surface area contributed by atoms with Crippen LogP contribution in [0.1, 0.15) is 42.1 Å². The topological polar surface area (TPSA) is 83.6 Å². The molecule has 2 aromatic rings. The maximum atomic E-state index is 12.7. The molecule has 0 aromatic heterocycles. The Labute approximate surface area is 185 Å². The molecule has 1 amide bonds. The van der Waals surface area contributed by atoms with Gasteiger partial charge >= 0.3 is 0 Å². The van der Waals surface area contributed by atoms with Gasteiger partial charge in [-0.3, -0.25) is 9.59 Å². The van der Waals surface area contributed by atoms with Crippen LogP contribution in [-0.4, -0.2) is 44.6 Å². The summed E-state index contributed by atoms with van der Waals surface area (Å²) in [6.07, 6.45) is 3.08. The van der Waals surface area contributed by atoms with Crippen LogP contribution in [-0.2, 0) is 20.2 Å². The van der Waals surface area contributed by atoms with Crippen LogP contribution >= 0.6 is 15.9 Å². The number of amides is 1. The van der Waals surface area contributed by atoms with Gasteiger partial charge in [-0.15, -0.1) is 0 Å². The normalized spacial score (nSPS) is 15.5. The van der Waals surface area contributed by atoms with E-state index in [1.807, 2.05) is 12.1 Å². The van der Waals surface area contributed by atoms with Crippen molar-refractivity contribution in [3.8, 4) is 0 Å². The van der Waals surface area contributed by atoms with E-state index in [0.717, 1.165) is 28.0 Å². The first-order valence-electron chi connectivity index (χ1n) is 9.74. The molecule has 6 nitrogen and oxygen atoms in total. The molecule has 8 heteroatoms. The zero-order valence-corrected chi connectivity index (χ0v) is 19.4. The van der Waals surface area contributed by atoms with E-state index in [4.69, 9.17) is 0 Å². The molecule has 160 valence electrons. The van der Waals surface area contributed by atoms with Crippen molar-refractivity contribution >= 4 is 37.6 Å². The Morgan fingerprint density at radius 1 is 1.13 bits per heavy atom. The van der Waals surface area contributed by atoms with Crippen LogP contribution in [0.5, 0.6) is 0 Å². The van der Waals surface area contributed by atoms with Crippen molar-refractivity contribution in [2.45, 2.75) is 36.5 Å². The highest BCUT2D eigenvalue weighted by Gasteiger charge is 2.39. The molecule has 0 radical (unpaired) electrons. The highest BCUT2D eigenvalue weighted by molar-refractivity contribution is 9.10. The summed E-state index contributed by atoms with van der Waals surface area (Å²) in [5, 5.41) is 2.92. The minimum Gasteiger partial charge on any atom is -0.354 e. The molecule has 0 atom stereocenters. The Morgan fingerprint density at radius 3 is 2.33 bits per heavy atom. The predicted octanol–water partition coefficient (Wildman–Crippen LogP) is 3.51. The van der Waals surface area contributed by atoms with Gasteiger partial charge in [0.05, 0.1) is 11.4 Å². The minimum atomic E-state index is -3.82. The fourth-order valence-corrected chi connectivity index (χ4v) is 5.17. The minimum absolute atomic E-state index is 0.0485. The average Bonchev–Trinajstić information content (AvgIpc) is 2.67. The summed E-state index contributed by atoms with van der Waals surface area (Å²) in [5.74, 6) is -0.482. The molecule has 0 unspecified atom stereocenters. The summed E-state index contributed by atoms with van der Waals surface area (Å²) in [7, 11) is -2.45. The molecule has 3 rings (SSSR count). The number of Topliss-reactive ketones (excluding diaryl/α,β-unsaturated/α-hetero) is 1. The van der Waals surface area contributed by atoms with Gasteiger partial charge in [0.25, 0.3) is 0 Å². The van der Waals surface area contributed by atoms with Gasteiger partial charge in [0.2, 0.25) is 15.9 Å². The second kappa shape index (κ2) is 8.99. The number of carbonyl (C=O) groups is 2. The zero-order valence-electron chi connectivity index (χ0n) is 17.0. The second-order valence-corrected chi connectivity index (χ2v) is 10.7. The molecule has 0 bridgehead atoms. The van der Waals surface area contributed by atoms with Crippen molar-refractivity contribution in [3.05, 3.63) is 64.1 Å². The molecule has 1 saturated carbocycles. The number of nitrogens with one attached hydrogen (secondary N) is 1. The molecule has 0 heterocycles. The van der Waals surface area contributed by atoms with Crippen LogP contribution in [0, 0.1) is 0 Å². The van der Waals surface area contributed by atoms with E-state index in [0.29, 0.717) is 12.1 Å². The molecule has 2 aromatic carbocycles. The Kier molecular flexibility index (Phi) is 6.79. The Hall–Kier alpha value is -2.03. The zero-order chi connectivity index (χ0) is 21.9. The number of sulfonamides is 1. The van der Waals surface area contributed by atoms with Crippen LogP contribution < -0.4 is 5.32 Å². The van der Waals surface area contributed by atoms with Gasteiger partial charge in [0.1, 0.15) is 0 Å². The van der Waals surface area contributed by atoms with Crippen molar-refractivity contribution in [2.75, 3.05) is 20.1 Å². The first-order chi connectivity index (χ1) is 14.1. The molecule has 0 aliphatic heterocycles. The van der Waals surface area contributed by atoms with Crippen LogP contribution in [0.2, 0.25) is 0 Å². The van der Waals surface area contributed by atoms with Crippen molar-refractivity contribution in [1.29, 1.82) is 0 Å². The molecule has 1 fully saturated rings. The monoisotopic (exact) mass is 492 g/mol. The quantitative estimate of drug-likeness (QED) is 0.571. The van der Waals surface area contributed by atoms with Crippen molar-refractivity contribution in [2.24, 2.45) is 0 Å². The highest BCUT2D eigenvalue weighted by Crippen LogP contribution is 2.43. The predicted molar refractivity (Wildman–Crippen MR) is 119 cm³/mol. The Morgan fingerprint density at radius 2 is 1.80 bits per heavy atom. The molecular formula is C22H25BrN2O4S. The van der Waals surface area contributed by atoms with Gasteiger partial charge in [-0.1, -0.05) is 46.6 Å². The van der Waals surface area contributed by atoms with Crippen LogP contribution in [0.3, 0.4) is 0 Å². The third-order valence-corrected chi connectivity index (χ3v) is 8.02. The maximum absolute atomic E-state index is 12.7. The molecule has 0 spiro atoms. The van der Waals surface area contributed by atoms with Gasteiger partial charge < -0.3 is 5.32 Å². The Bertz CT molecular complexity index is 1050.